The predicted molar refractivity (Wildman–Crippen MR) is 75.2 cm³/mol. The number of nitrogens with one attached hydrogen (secondary N) is 1. The van der Waals surface area contributed by atoms with Crippen LogP contribution in [0.2, 0.25) is 0 Å². The summed E-state index contributed by atoms with van der Waals surface area (Å²) >= 11 is 0. The van der Waals surface area contributed by atoms with Crippen molar-refractivity contribution in [1.29, 1.82) is 0 Å². The van der Waals surface area contributed by atoms with E-state index in [9.17, 15) is 5.11 Å². The van der Waals surface area contributed by atoms with Crippen molar-refractivity contribution in [3.63, 3.8) is 0 Å². The van der Waals surface area contributed by atoms with Gasteiger partial charge in [-0.05, 0) is 31.7 Å². The van der Waals surface area contributed by atoms with Crippen molar-refractivity contribution in [3.05, 3.63) is 0 Å². The zero-order valence-corrected chi connectivity index (χ0v) is 12.0. The monoisotopic (exact) mass is 271 g/mol. The Hall–Kier alpha value is -0.160. The van der Waals surface area contributed by atoms with Crippen molar-refractivity contribution in [2.24, 2.45) is 5.92 Å². The third kappa shape index (κ3) is 6.21. The van der Waals surface area contributed by atoms with Gasteiger partial charge < -0.3 is 19.9 Å². The second-order valence-corrected chi connectivity index (χ2v) is 5.97. The first-order valence-electron chi connectivity index (χ1n) is 7.92. The quantitative estimate of drug-likeness (QED) is 0.627. The molecule has 4 heteroatoms. The van der Waals surface area contributed by atoms with Gasteiger partial charge in [0.1, 0.15) is 0 Å². The topological polar surface area (TPSA) is 50.7 Å². The molecule has 19 heavy (non-hydrogen) atoms. The van der Waals surface area contributed by atoms with E-state index in [0.717, 1.165) is 31.9 Å². The predicted octanol–water partition coefficient (Wildman–Crippen LogP) is 1.71. The van der Waals surface area contributed by atoms with Crippen molar-refractivity contribution in [2.75, 3.05) is 32.9 Å². The van der Waals surface area contributed by atoms with Gasteiger partial charge >= 0.3 is 0 Å². The lowest BCUT2D eigenvalue weighted by molar-refractivity contribution is -0.0164. The molecule has 2 atom stereocenters. The minimum Gasteiger partial charge on any atom is -0.389 e. The molecular formula is C15H29NO3. The van der Waals surface area contributed by atoms with E-state index in [4.69, 9.17) is 9.47 Å². The van der Waals surface area contributed by atoms with Gasteiger partial charge in [0, 0.05) is 13.2 Å². The normalized spacial score (nSPS) is 26.1. The Morgan fingerprint density at radius 1 is 1.21 bits per heavy atom. The molecular weight excluding hydrogens is 242 g/mol. The number of ether oxygens (including phenoxy) is 2. The molecule has 1 heterocycles. The number of aliphatic hydroxyl groups excluding tert-OH is 1. The fraction of sp³-hybridized carbons (Fsp3) is 1.00. The lowest BCUT2D eigenvalue weighted by Gasteiger charge is -2.15. The molecule has 1 aliphatic carbocycles. The van der Waals surface area contributed by atoms with Crippen LogP contribution in [0.3, 0.4) is 0 Å². The molecule has 0 bridgehead atoms. The van der Waals surface area contributed by atoms with Crippen LogP contribution in [-0.4, -0.2) is 50.2 Å². The highest BCUT2D eigenvalue weighted by Gasteiger charge is 2.16. The molecule has 1 saturated heterocycles. The Balaban J connectivity index is 1.39. The molecule has 2 rings (SSSR count). The van der Waals surface area contributed by atoms with Crippen LogP contribution < -0.4 is 5.32 Å². The van der Waals surface area contributed by atoms with Gasteiger partial charge in [-0.3, -0.25) is 0 Å². The second kappa shape index (κ2) is 8.90. The summed E-state index contributed by atoms with van der Waals surface area (Å²) in [5.74, 6) is 0.917. The fourth-order valence-electron chi connectivity index (χ4n) is 3.04. The van der Waals surface area contributed by atoms with E-state index in [2.05, 4.69) is 5.32 Å². The number of hydrogen-bond acceptors (Lipinski definition) is 4. The highest BCUT2D eigenvalue weighted by atomic mass is 16.5. The van der Waals surface area contributed by atoms with Crippen LogP contribution >= 0.6 is 0 Å². The highest BCUT2D eigenvalue weighted by molar-refractivity contribution is 4.69. The van der Waals surface area contributed by atoms with Crippen LogP contribution in [-0.2, 0) is 9.47 Å². The fourth-order valence-corrected chi connectivity index (χ4v) is 3.04. The maximum absolute atomic E-state index is 9.79. The molecule has 112 valence electrons. The Morgan fingerprint density at radius 3 is 2.79 bits per heavy atom. The molecule has 4 nitrogen and oxygen atoms in total. The lowest BCUT2D eigenvalue weighted by Crippen LogP contribution is -2.32. The molecule has 0 aromatic heterocycles. The Kier molecular flexibility index (Phi) is 7.14. The molecule has 2 unspecified atom stereocenters. The van der Waals surface area contributed by atoms with Crippen molar-refractivity contribution < 1.29 is 14.6 Å². The van der Waals surface area contributed by atoms with Gasteiger partial charge in [0.2, 0.25) is 0 Å². The third-order valence-electron chi connectivity index (χ3n) is 4.22. The first-order valence-corrected chi connectivity index (χ1v) is 7.92. The van der Waals surface area contributed by atoms with Gasteiger partial charge in [0.15, 0.2) is 0 Å². The standard InChI is InChI=1S/C15H29NO3/c17-14(11-18-12-15-6-3-9-19-15)10-16-8-7-13-4-1-2-5-13/h13-17H,1-12H2. The van der Waals surface area contributed by atoms with Gasteiger partial charge in [-0.25, -0.2) is 0 Å². The van der Waals surface area contributed by atoms with Gasteiger partial charge in [0.25, 0.3) is 0 Å². The molecule has 2 fully saturated rings. The van der Waals surface area contributed by atoms with Gasteiger partial charge in [-0.15, -0.1) is 0 Å². The molecule has 2 N–H and O–H groups in total. The van der Waals surface area contributed by atoms with E-state index < -0.39 is 6.10 Å². The van der Waals surface area contributed by atoms with Gasteiger partial charge in [0.05, 0.1) is 25.4 Å². The van der Waals surface area contributed by atoms with Crippen LogP contribution in [0, 0.1) is 5.92 Å². The summed E-state index contributed by atoms with van der Waals surface area (Å²) < 4.78 is 11.0. The summed E-state index contributed by atoms with van der Waals surface area (Å²) in [6, 6.07) is 0. The summed E-state index contributed by atoms with van der Waals surface area (Å²) in [5, 5.41) is 13.1. The number of rotatable bonds is 9. The van der Waals surface area contributed by atoms with E-state index in [1.807, 2.05) is 0 Å². The molecule has 0 spiro atoms. The van der Waals surface area contributed by atoms with E-state index in [1.54, 1.807) is 0 Å². The maximum atomic E-state index is 9.79. The average molecular weight is 271 g/mol. The molecule has 0 amide bonds. The third-order valence-corrected chi connectivity index (χ3v) is 4.22. The number of aliphatic hydroxyl groups is 1. The Morgan fingerprint density at radius 2 is 2.05 bits per heavy atom. The molecule has 0 radical (unpaired) electrons. The molecule has 2 aliphatic rings. The number of hydrogen-bond donors (Lipinski definition) is 2. The van der Waals surface area contributed by atoms with Crippen LogP contribution in [0.4, 0.5) is 0 Å². The van der Waals surface area contributed by atoms with Crippen LogP contribution in [0.5, 0.6) is 0 Å². The van der Waals surface area contributed by atoms with Gasteiger partial charge in [-0.1, -0.05) is 25.7 Å². The second-order valence-electron chi connectivity index (χ2n) is 5.97. The van der Waals surface area contributed by atoms with Crippen LogP contribution in [0.1, 0.15) is 44.9 Å². The molecule has 0 aromatic carbocycles. The van der Waals surface area contributed by atoms with E-state index in [1.165, 1.54) is 32.1 Å². The van der Waals surface area contributed by atoms with Crippen molar-refractivity contribution in [3.8, 4) is 0 Å². The van der Waals surface area contributed by atoms with E-state index >= 15 is 0 Å². The van der Waals surface area contributed by atoms with Crippen LogP contribution in [0.15, 0.2) is 0 Å². The minimum absolute atomic E-state index is 0.252. The zero-order chi connectivity index (χ0) is 13.3. The van der Waals surface area contributed by atoms with Gasteiger partial charge in [-0.2, -0.15) is 0 Å². The maximum Gasteiger partial charge on any atom is 0.0897 e. The van der Waals surface area contributed by atoms with Crippen molar-refractivity contribution in [2.45, 2.75) is 57.2 Å². The van der Waals surface area contributed by atoms with E-state index in [0.29, 0.717) is 19.8 Å². The Labute approximate surface area is 116 Å². The first kappa shape index (κ1) is 15.2. The summed E-state index contributed by atoms with van der Waals surface area (Å²) in [6.45, 7) is 3.56. The first-order chi connectivity index (χ1) is 9.34. The molecule has 0 aromatic rings. The smallest absolute Gasteiger partial charge is 0.0897 e. The summed E-state index contributed by atoms with van der Waals surface area (Å²) in [7, 11) is 0. The lowest BCUT2D eigenvalue weighted by atomic mass is 10.0. The minimum atomic E-state index is -0.398. The van der Waals surface area contributed by atoms with Crippen molar-refractivity contribution >= 4 is 0 Å². The largest absolute Gasteiger partial charge is 0.389 e. The summed E-state index contributed by atoms with van der Waals surface area (Å²) in [5.41, 5.74) is 0. The van der Waals surface area contributed by atoms with Crippen LogP contribution in [0.25, 0.3) is 0 Å². The molecule has 1 aliphatic heterocycles. The summed E-state index contributed by atoms with van der Waals surface area (Å²) in [4.78, 5) is 0. The Bertz CT molecular complexity index is 225. The SMILES string of the molecule is OC(CNCCC1CCCC1)COCC1CCCO1. The molecule has 1 saturated carbocycles. The highest BCUT2D eigenvalue weighted by Crippen LogP contribution is 2.26. The van der Waals surface area contributed by atoms with Crippen molar-refractivity contribution in [1.82, 2.24) is 5.32 Å². The average Bonchev–Trinajstić information content (AvgIpc) is 3.07. The van der Waals surface area contributed by atoms with E-state index in [-0.39, 0.29) is 6.10 Å². The summed E-state index contributed by atoms with van der Waals surface area (Å²) in [6.07, 6.45) is 8.95. The zero-order valence-electron chi connectivity index (χ0n) is 12.0.